The first-order valence-corrected chi connectivity index (χ1v) is 8.56. The van der Waals surface area contributed by atoms with Crippen LogP contribution in [0, 0.1) is 0 Å². The van der Waals surface area contributed by atoms with Crippen molar-refractivity contribution < 1.29 is 19.1 Å². The number of para-hydroxylation sites is 2. The Labute approximate surface area is 160 Å². The maximum Gasteiger partial charge on any atom is 0.270 e. The molecule has 2 amide bonds. The molecule has 0 N–H and O–H groups in total. The van der Waals surface area contributed by atoms with Gasteiger partial charge in [0.1, 0.15) is 17.2 Å². The van der Waals surface area contributed by atoms with Gasteiger partial charge >= 0.3 is 0 Å². The number of fused-ring (bicyclic) bond motifs is 1. The lowest BCUT2D eigenvalue weighted by Gasteiger charge is -2.17. The number of hydrogen-bond acceptors (Lipinski definition) is 4. The van der Waals surface area contributed by atoms with Crippen LogP contribution in [-0.2, 0) is 0 Å². The Bertz CT molecular complexity index is 1050. The molecular weight excluding hydrogens is 366 g/mol. The van der Waals surface area contributed by atoms with Gasteiger partial charge in [0.15, 0.2) is 0 Å². The summed E-state index contributed by atoms with van der Waals surface area (Å²) < 4.78 is 11.1. The Morgan fingerprint density at radius 3 is 2.26 bits per heavy atom. The van der Waals surface area contributed by atoms with Crippen LogP contribution in [0.15, 0.2) is 66.7 Å². The Morgan fingerprint density at radius 1 is 0.815 bits per heavy atom. The van der Waals surface area contributed by atoms with E-state index >= 15 is 0 Å². The van der Waals surface area contributed by atoms with Crippen LogP contribution in [0.3, 0.4) is 0 Å². The van der Waals surface area contributed by atoms with Crippen LogP contribution >= 0.6 is 11.6 Å². The number of nitrogens with zero attached hydrogens (tertiary/aromatic N) is 1. The number of carbonyl (C=O) groups excluding carboxylic acids is 2. The van der Waals surface area contributed by atoms with Gasteiger partial charge in [-0.25, -0.2) is 4.90 Å². The quantitative estimate of drug-likeness (QED) is 0.602. The predicted octanol–water partition coefficient (Wildman–Crippen LogP) is 4.94. The van der Waals surface area contributed by atoms with E-state index < -0.39 is 11.8 Å². The van der Waals surface area contributed by atoms with E-state index in [0.29, 0.717) is 28.0 Å². The molecule has 4 rings (SSSR count). The standard InChI is InChI=1S/C21H14ClNO4/c1-26-17-7-3-2-6-16(17)23-20(24)15-5-4-8-18(19(15)21(23)25)27-14-11-9-13(22)10-12-14/h2-12H,1H3. The van der Waals surface area contributed by atoms with Gasteiger partial charge in [0.05, 0.1) is 23.9 Å². The van der Waals surface area contributed by atoms with Crippen molar-refractivity contribution in [2.45, 2.75) is 0 Å². The highest BCUT2D eigenvalue weighted by atomic mass is 35.5. The summed E-state index contributed by atoms with van der Waals surface area (Å²) in [7, 11) is 1.49. The third kappa shape index (κ3) is 2.92. The van der Waals surface area contributed by atoms with E-state index in [0.717, 1.165) is 4.90 Å². The second-order valence-electron chi connectivity index (χ2n) is 5.85. The van der Waals surface area contributed by atoms with E-state index in [1.807, 2.05) is 0 Å². The molecule has 0 aromatic heterocycles. The molecule has 0 spiro atoms. The maximum absolute atomic E-state index is 13.1. The Hall–Kier alpha value is -3.31. The molecule has 0 saturated carbocycles. The van der Waals surface area contributed by atoms with Crippen LogP contribution < -0.4 is 14.4 Å². The number of hydrogen-bond donors (Lipinski definition) is 0. The summed E-state index contributed by atoms with van der Waals surface area (Å²) in [5, 5.41) is 0.578. The van der Waals surface area contributed by atoms with Crippen LogP contribution in [0.1, 0.15) is 20.7 Å². The van der Waals surface area contributed by atoms with Crippen molar-refractivity contribution in [1.29, 1.82) is 0 Å². The normalized spacial score (nSPS) is 12.9. The third-order valence-corrected chi connectivity index (χ3v) is 4.50. The summed E-state index contributed by atoms with van der Waals surface area (Å²) in [4.78, 5) is 27.1. The molecule has 0 atom stereocenters. The van der Waals surface area contributed by atoms with Crippen LogP contribution in [-0.4, -0.2) is 18.9 Å². The minimum absolute atomic E-state index is 0.225. The van der Waals surface area contributed by atoms with Crippen molar-refractivity contribution >= 4 is 29.1 Å². The minimum Gasteiger partial charge on any atom is -0.495 e. The van der Waals surface area contributed by atoms with Gasteiger partial charge in [-0.1, -0.05) is 29.8 Å². The van der Waals surface area contributed by atoms with E-state index in [9.17, 15) is 9.59 Å². The van der Waals surface area contributed by atoms with Crippen molar-refractivity contribution in [3.63, 3.8) is 0 Å². The molecule has 6 heteroatoms. The number of rotatable bonds is 4. The monoisotopic (exact) mass is 379 g/mol. The fraction of sp³-hybridized carbons (Fsp3) is 0.0476. The Morgan fingerprint density at radius 2 is 1.52 bits per heavy atom. The zero-order valence-electron chi connectivity index (χ0n) is 14.3. The fourth-order valence-corrected chi connectivity index (χ4v) is 3.13. The van der Waals surface area contributed by atoms with Gasteiger partial charge in [-0.2, -0.15) is 0 Å². The summed E-state index contributed by atoms with van der Waals surface area (Å²) in [5.74, 6) is 0.395. The van der Waals surface area contributed by atoms with Gasteiger partial charge in [-0.15, -0.1) is 0 Å². The molecule has 0 aliphatic carbocycles. The zero-order valence-corrected chi connectivity index (χ0v) is 15.1. The number of methoxy groups -OCH3 is 1. The lowest BCUT2D eigenvalue weighted by molar-refractivity contribution is 0.0924. The molecular formula is C21H14ClNO4. The lowest BCUT2D eigenvalue weighted by atomic mass is 10.1. The molecule has 1 aliphatic rings. The van der Waals surface area contributed by atoms with Gasteiger partial charge in [0.25, 0.3) is 11.8 Å². The largest absolute Gasteiger partial charge is 0.495 e. The van der Waals surface area contributed by atoms with E-state index in [4.69, 9.17) is 21.1 Å². The van der Waals surface area contributed by atoms with Crippen LogP contribution in [0.5, 0.6) is 17.2 Å². The molecule has 3 aromatic rings. The molecule has 0 radical (unpaired) electrons. The number of anilines is 1. The van der Waals surface area contributed by atoms with Gasteiger partial charge in [-0.3, -0.25) is 9.59 Å². The first-order chi connectivity index (χ1) is 13.1. The van der Waals surface area contributed by atoms with Crippen LogP contribution in [0.2, 0.25) is 5.02 Å². The molecule has 0 bridgehead atoms. The molecule has 1 aliphatic heterocycles. The number of carbonyl (C=O) groups is 2. The van der Waals surface area contributed by atoms with Crippen molar-refractivity contribution in [1.82, 2.24) is 0 Å². The van der Waals surface area contributed by atoms with E-state index in [-0.39, 0.29) is 11.1 Å². The molecule has 27 heavy (non-hydrogen) atoms. The van der Waals surface area contributed by atoms with Gasteiger partial charge in [0, 0.05) is 5.02 Å². The molecule has 0 unspecified atom stereocenters. The van der Waals surface area contributed by atoms with E-state index in [1.54, 1.807) is 66.7 Å². The number of halogens is 1. The highest BCUT2D eigenvalue weighted by Crippen LogP contribution is 2.39. The number of imide groups is 1. The summed E-state index contributed by atoms with van der Waals surface area (Å²) >= 11 is 5.89. The topological polar surface area (TPSA) is 55.8 Å². The SMILES string of the molecule is COc1ccccc1N1C(=O)c2cccc(Oc3ccc(Cl)cc3)c2C1=O. The molecule has 3 aromatic carbocycles. The minimum atomic E-state index is -0.455. The van der Waals surface area contributed by atoms with Crippen molar-refractivity contribution in [3.8, 4) is 17.2 Å². The number of ether oxygens (including phenoxy) is 2. The smallest absolute Gasteiger partial charge is 0.270 e. The van der Waals surface area contributed by atoms with Gasteiger partial charge in [0.2, 0.25) is 0 Å². The highest BCUT2D eigenvalue weighted by molar-refractivity contribution is 6.35. The third-order valence-electron chi connectivity index (χ3n) is 4.24. The predicted molar refractivity (Wildman–Crippen MR) is 102 cm³/mol. The van der Waals surface area contributed by atoms with Crippen LogP contribution in [0.25, 0.3) is 0 Å². The summed E-state index contributed by atoms with van der Waals surface area (Å²) in [5.41, 5.74) is 0.907. The van der Waals surface area contributed by atoms with Gasteiger partial charge in [-0.05, 0) is 48.5 Å². The van der Waals surface area contributed by atoms with Crippen molar-refractivity contribution in [2.75, 3.05) is 12.0 Å². The highest BCUT2D eigenvalue weighted by Gasteiger charge is 2.40. The molecule has 0 fully saturated rings. The Balaban J connectivity index is 1.76. The van der Waals surface area contributed by atoms with Crippen molar-refractivity contribution in [2.24, 2.45) is 0 Å². The number of benzene rings is 3. The second-order valence-corrected chi connectivity index (χ2v) is 6.29. The van der Waals surface area contributed by atoms with Gasteiger partial charge < -0.3 is 9.47 Å². The molecule has 1 heterocycles. The average molecular weight is 380 g/mol. The molecule has 5 nitrogen and oxygen atoms in total. The zero-order chi connectivity index (χ0) is 19.0. The first kappa shape index (κ1) is 17.1. The van der Waals surface area contributed by atoms with Crippen LogP contribution in [0.4, 0.5) is 5.69 Å². The summed E-state index contributed by atoms with van der Waals surface area (Å²) in [6.45, 7) is 0. The van der Waals surface area contributed by atoms with E-state index in [2.05, 4.69) is 0 Å². The summed E-state index contributed by atoms with van der Waals surface area (Å²) in [6, 6.07) is 18.6. The average Bonchev–Trinajstić information content (AvgIpc) is 2.95. The van der Waals surface area contributed by atoms with E-state index in [1.165, 1.54) is 7.11 Å². The maximum atomic E-state index is 13.1. The molecule has 0 saturated heterocycles. The molecule has 134 valence electrons. The lowest BCUT2D eigenvalue weighted by Crippen LogP contribution is -2.29. The first-order valence-electron chi connectivity index (χ1n) is 8.18. The number of amides is 2. The van der Waals surface area contributed by atoms with Crippen molar-refractivity contribution in [3.05, 3.63) is 82.9 Å². The fourth-order valence-electron chi connectivity index (χ4n) is 3.00. The summed E-state index contributed by atoms with van der Waals surface area (Å²) in [6.07, 6.45) is 0. The second kappa shape index (κ2) is 6.78. The Kier molecular flexibility index (Phi) is 4.30.